The van der Waals surface area contributed by atoms with Crippen molar-refractivity contribution in [2.24, 2.45) is 0 Å². The normalized spacial score (nSPS) is 14.6. The standard InChI is InChI=1S/C22H24N4O2/c27-21(15-26-16-23-19-7-3-4-8-20(19)26)24-18-11-9-17(10-12-18)22(28)25-13-5-1-2-6-14-25/h3-4,7-12,16H,1-2,5-6,13-15H2,(H,24,27). The zero-order valence-electron chi connectivity index (χ0n) is 15.8. The number of likely N-dealkylation sites (tertiary alicyclic amines) is 1. The van der Waals surface area contributed by atoms with Crippen LogP contribution in [0.1, 0.15) is 36.0 Å². The lowest BCUT2D eigenvalue weighted by atomic mass is 10.1. The summed E-state index contributed by atoms with van der Waals surface area (Å²) in [6, 6.07) is 14.9. The van der Waals surface area contributed by atoms with E-state index in [2.05, 4.69) is 10.3 Å². The molecule has 0 unspecified atom stereocenters. The number of nitrogens with one attached hydrogen (secondary N) is 1. The molecule has 1 aromatic heterocycles. The highest BCUT2D eigenvalue weighted by Gasteiger charge is 2.17. The summed E-state index contributed by atoms with van der Waals surface area (Å²) in [4.78, 5) is 31.3. The molecule has 0 spiro atoms. The number of carbonyl (C=O) groups excluding carboxylic acids is 2. The summed E-state index contributed by atoms with van der Waals surface area (Å²) in [6.45, 7) is 1.85. The zero-order chi connectivity index (χ0) is 19.3. The monoisotopic (exact) mass is 376 g/mol. The van der Waals surface area contributed by atoms with Crippen molar-refractivity contribution in [3.8, 4) is 0 Å². The number of fused-ring (bicyclic) bond motifs is 1. The van der Waals surface area contributed by atoms with Crippen molar-refractivity contribution in [3.63, 3.8) is 0 Å². The molecule has 1 aliphatic rings. The van der Waals surface area contributed by atoms with Gasteiger partial charge in [0, 0.05) is 24.3 Å². The Morgan fingerprint density at radius 2 is 1.64 bits per heavy atom. The van der Waals surface area contributed by atoms with Gasteiger partial charge >= 0.3 is 0 Å². The molecule has 6 heteroatoms. The van der Waals surface area contributed by atoms with Crippen molar-refractivity contribution < 1.29 is 9.59 Å². The Bertz CT molecular complexity index is 970. The van der Waals surface area contributed by atoms with Crippen LogP contribution in [0.25, 0.3) is 11.0 Å². The summed E-state index contributed by atoms with van der Waals surface area (Å²) in [5.74, 6) is -0.0561. The molecule has 0 atom stereocenters. The average molecular weight is 376 g/mol. The molecule has 3 aromatic rings. The molecule has 1 saturated heterocycles. The maximum atomic E-state index is 12.7. The molecular weight excluding hydrogens is 352 g/mol. The van der Waals surface area contributed by atoms with E-state index in [1.54, 1.807) is 30.6 Å². The van der Waals surface area contributed by atoms with E-state index < -0.39 is 0 Å². The van der Waals surface area contributed by atoms with Crippen molar-refractivity contribution in [2.75, 3.05) is 18.4 Å². The molecule has 2 heterocycles. The molecule has 0 aliphatic carbocycles. The first kappa shape index (κ1) is 18.2. The minimum absolute atomic E-state index is 0.0738. The third-order valence-corrected chi connectivity index (χ3v) is 5.15. The Morgan fingerprint density at radius 1 is 0.929 bits per heavy atom. The molecule has 1 aliphatic heterocycles. The number of benzene rings is 2. The van der Waals surface area contributed by atoms with Gasteiger partial charge in [-0.3, -0.25) is 9.59 Å². The van der Waals surface area contributed by atoms with Crippen LogP contribution in [-0.4, -0.2) is 39.4 Å². The predicted molar refractivity (Wildman–Crippen MR) is 109 cm³/mol. The molecule has 4 rings (SSSR count). The van der Waals surface area contributed by atoms with E-state index in [0.29, 0.717) is 11.3 Å². The van der Waals surface area contributed by atoms with Crippen LogP contribution in [0.4, 0.5) is 5.69 Å². The topological polar surface area (TPSA) is 67.2 Å². The van der Waals surface area contributed by atoms with Crippen LogP contribution >= 0.6 is 0 Å². The van der Waals surface area contributed by atoms with E-state index in [9.17, 15) is 9.59 Å². The number of imidazole rings is 1. The average Bonchev–Trinajstić information content (AvgIpc) is 2.93. The summed E-state index contributed by atoms with van der Waals surface area (Å²) in [5.41, 5.74) is 3.14. The highest BCUT2D eigenvalue weighted by molar-refractivity contribution is 5.96. The molecule has 28 heavy (non-hydrogen) atoms. The largest absolute Gasteiger partial charge is 0.339 e. The van der Waals surface area contributed by atoms with Crippen molar-refractivity contribution >= 4 is 28.5 Å². The van der Waals surface area contributed by atoms with Crippen LogP contribution in [0.5, 0.6) is 0 Å². The number of para-hydroxylation sites is 2. The molecule has 2 amide bonds. The third-order valence-electron chi connectivity index (χ3n) is 5.15. The van der Waals surface area contributed by atoms with E-state index in [1.807, 2.05) is 33.7 Å². The number of hydrogen-bond donors (Lipinski definition) is 1. The van der Waals surface area contributed by atoms with E-state index in [-0.39, 0.29) is 18.4 Å². The first-order valence-corrected chi connectivity index (χ1v) is 9.80. The first-order chi connectivity index (χ1) is 13.7. The predicted octanol–water partition coefficient (Wildman–Crippen LogP) is 3.69. The fraction of sp³-hybridized carbons (Fsp3) is 0.318. The number of amides is 2. The van der Waals surface area contributed by atoms with Gasteiger partial charge in [-0.05, 0) is 49.2 Å². The molecule has 2 aromatic carbocycles. The number of nitrogens with zero attached hydrogens (tertiary/aromatic N) is 3. The van der Waals surface area contributed by atoms with Crippen LogP contribution in [0.15, 0.2) is 54.9 Å². The Kier molecular flexibility index (Phi) is 5.37. The highest BCUT2D eigenvalue weighted by Crippen LogP contribution is 2.16. The minimum atomic E-state index is -0.130. The van der Waals surface area contributed by atoms with E-state index in [4.69, 9.17) is 0 Å². The maximum absolute atomic E-state index is 12.7. The van der Waals surface area contributed by atoms with Crippen LogP contribution in [0.2, 0.25) is 0 Å². The summed E-state index contributed by atoms with van der Waals surface area (Å²) in [7, 11) is 0. The minimum Gasteiger partial charge on any atom is -0.339 e. The summed E-state index contributed by atoms with van der Waals surface area (Å²) < 4.78 is 1.82. The zero-order valence-corrected chi connectivity index (χ0v) is 15.8. The molecule has 0 radical (unpaired) electrons. The number of rotatable bonds is 4. The van der Waals surface area contributed by atoms with Crippen molar-refractivity contribution in [1.29, 1.82) is 0 Å². The van der Waals surface area contributed by atoms with Crippen molar-refractivity contribution in [2.45, 2.75) is 32.2 Å². The van der Waals surface area contributed by atoms with E-state index in [1.165, 1.54) is 12.8 Å². The molecular formula is C22H24N4O2. The molecule has 0 bridgehead atoms. The number of hydrogen-bond acceptors (Lipinski definition) is 3. The van der Waals surface area contributed by atoms with Gasteiger partial charge in [0.15, 0.2) is 0 Å². The number of anilines is 1. The van der Waals surface area contributed by atoms with Crippen molar-refractivity contribution in [3.05, 3.63) is 60.4 Å². The third kappa shape index (κ3) is 4.06. The van der Waals surface area contributed by atoms with Crippen LogP contribution in [-0.2, 0) is 11.3 Å². The molecule has 1 N–H and O–H groups in total. The fourth-order valence-electron chi connectivity index (χ4n) is 3.64. The van der Waals surface area contributed by atoms with E-state index in [0.717, 1.165) is 37.0 Å². The SMILES string of the molecule is O=C(Cn1cnc2ccccc21)Nc1ccc(C(=O)N2CCCCCC2)cc1. The lowest BCUT2D eigenvalue weighted by Crippen LogP contribution is -2.31. The second kappa shape index (κ2) is 8.25. The van der Waals surface area contributed by atoms with Gasteiger partial charge in [-0.2, -0.15) is 0 Å². The summed E-state index contributed by atoms with van der Waals surface area (Å²) >= 11 is 0. The Labute approximate surface area is 164 Å². The highest BCUT2D eigenvalue weighted by atomic mass is 16.2. The lowest BCUT2D eigenvalue weighted by molar-refractivity contribution is -0.116. The number of carbonyl (C=O) groups is 2. The van der Waals surface area contributed by atoms with Gasteiger partial charge in [-0.1, -0.05) is 25.0 Å². The molecule has 0 saturated carbocycles. The molecule has 144 valence electrons. The van der Waals surface area contributed by atoms with Gasteiger partial charge in [0.1, 0.15) is 6.54 Å². The van der Waals surface area contributed by atoms with Gasteiger partial charge in [0.05, 0.1) is 17.4 Å². The second-order valence-corrected chi connectivity index (χ2v) is 7.19. The van der Waals surface area contributed by atoms with Gasteiger partial charge < -0.3 is 14.8 Å². The first-order valence-electron chi connectivity index (χ1n) is 9.80. The van der Waals surface area contributed by atoms with Crippen molar-refractivity contribution in [1.82, 2.24) is 14.5 Å². The van der Waals surface area contributed by atoms with Gasteiger partial charge in [0.25, 0.3) is 5.91 Å². The second-order valence-electron chi connectivity index (χ2n) is 7.19. The maximum Gasteiger partial charge on any atom is 0.253 e. The Balaban J connectivity index is 1.38. The Hall–Kier alpha value is -3.15. The van der Waals surface area contributed by atoms with Crippen LogP contribution < -0.4 is 5.32 Å². The molecule has 6 nitrogen and oxygen atoms in total. The van der Waals surface area contributed by atoms with Gasteiger partial charge in [-0.25, -0.2) is 4.98 Å². The van der Waals surface area contributed by atoms with Gasteiger partial charge in [-0.15, -0.1) is 0 Å². The molecule has 1 fully saturated rings. The van der Waals surface area contributed by atoms with E-state index >= 15 is 0 Å². The smallest absolute Gasteiger partial charge is 0.253 e. The van der Waals surface area contributed by atoms with Crippen LogP contribution in [0.3, 0.4) is 0 Å². The summed E-state index contributed by atoms with van der Waals surface area (Å²) in [5, 5.41) is 2.89. The fourth-order valence-corrected chi connectivity index (χ4v) is 3.64. The Morgan fingerprint density at radius 3 is 2.39 bits per heavy atom. The number of aromatic nitrogens is 2. The summed E-state index contributed by atoms with van der Waals surface area (Å²) in [6.07, 6.45) is 6.21. The van der Waals surface area contributed by atoms with Gasteiger partial charge in [0.2, 0.25) is 5.91 Å². The van der Waals surface area contributed by atoms with Crippen LogP contribution in [0, 0.1) is 0 Å². The quantitative estimate of drug-likeness (QED) is 0.755. The lowest BCUT2D eigenvalue weighted by Gasteiger charge is -2.20.